The SMILES string of the molecule is Cc1ccc(-c2ccccc2)c(N(S(=O)[O-])C(C)(C)C)c1. The van der Waals surface area contributed by atoms with Crippen molar-refractivity contribution in [1.82, 2.24) is 0 Å². The molecule has 0 radical (unpaired) electrons. The van der Waals surface area contributed by atoms with Crippen molar-refractivity contribution in [2.45, 2.75) is 33.2 Å². The van der Waals surface area contributed by atoms with Gasteiger partial charge in [0.25, 0.3) is 0 Å². The highest BCUT2D eigenvalue weighted by Gasteiger charge is 2.25. The number of hydrogen-bond acceptors (Lipinski definition) is 2. The fourth-order valence-electron chi connectivity index (χ4n) is 2.34. The number of hydrogen-bond donors (Lipinski definition) is 0. The van der Waals surface area contributed by atoms with Crippen molar-refractivity contribution >= 4 is 17.0 Å². The molecule has 0 aromatic heterocycles. The van der Waals surface area contributed by atoms with E-state index in [2.05, 4.69) is 0 Å². The molecule has 4 heteroatoms. The van der Waals surface area contributed by atoms with Gasteiger partial charge in [-0.05, 0) is 44.9 Å². The Balaban J connectivity index is 2.67. The summed E-state index contributed by atoms with van der Waals surface area (Å²) in [5.41, 5.74) is 3.14. The maximum Gasteiger partial charge on any atom is 0.0569 e. The van der Waals surface area contributed by atoms with Crippen molar-refractivity contribution in [2.75, 3.05) is 4.31 Å². The number of nitrogens with zero attached hydrogens (tertiary/aromatic N) is 1. The molecule has 0 aliphatic rings. The Hall–Kier alpha value is -1.65. The van der Waals surface area contributed by atoms with E-state index < -0.39 is 16.8 Å². The molecule has 0 aliphatic carbocycles. The molecule has 0 aliphatic heterocycles. The van der Waals surface area contributed by atoms with Crippen LogP contribution >= 0.6 is 0 Å². The second-order valence-corrected chi connectivity index (χ2v) is 6.87. The molecular weight excluding hydrogens is 282 g/mol. The number of rotatable bonds is 3. The van der Waals surface area contributed by atoms with E-state index >= 15 is 0 Å². The first-order valence-electron chi connectivity index (χ1n) is 6.86. The highest BCUT2D eigenvalue weighted by molar-refractivity contribution is 7.80. The molecule has 0 fully saturated rings. The van der Waals surface area contributed by atoms with Crippen LogP contribution in [-0.4, -0.2) is 14.3 Å². The Morgan fingerprint density at radius 1 is 1.05 bits per heavy atom. The maximum absolute atomic E-state index is 11.8. The lowest BCUT2D eigenvalue weighted by molar-refractivity contribution is 0.498. The number of aryl methyl sites for hydroxylation is 1. The van der Waals surface area contributed by atoms with Crippen LogP contribution in [0.4, 0.5) is 5.69 Å². The van der Waals surface area contributed by atoms with Gasteiger partial charge in [-0.15, -0.1) is 0 Å². The maximum atomic E-state index is 11.8. The average Bonchev–Trinajstić information content (AvgIpc) is 2.38. The summed E-state index contributed by atoms with van der Waals surface area (Å²) in [5.74, 6) is 0. The van der Waals surface area contributed by atoms with Gasteiger partial charge in [-0.3, -0.25) is 8.51 Å². The lowest BCUT2D eigenvalue weighted by Gasteiger charge is -2.39. The van der Waals surface area contributed by atoms with Crippen molar-refractivity contribution < 1.29 is 8.76 Å². The predicted molar refractivity (Wildman–Crippen MR) is 87.8 cm³/mol. The second kappa shape index (κ2) is 6.00. The first-order valence-corrected chi connectivity index (χ1v) is 7.89. The van der Waals surface area contributed by atoms with Gasteiger partial charge in [0.2, 0.25) is 0 Å². The Kier molecular flexibility index (Phi) is 4.49. The van der Waals surface area contributed by atoms with Crippen molar-refractivity contribution in [3.8, 4) is 11.1 Å². The fraction of sp³-hybridized carbons (Fsp3) is 0.294. The lowest BCUT2D eigenvalue weighted by Crippen LogP contribution is -2.43. The predicted octanol–water partition coefficient (Wildman–Crippen LogP) is 4.06. The third-order valence-corrected chi connectivity index (χ3v) is 4.26. The van der Waals surface area contributed by atoms with Crippen LogP contribution in [0.3, 0.4) is 0 Å². The normalized spacial score (nSPS) is 13.0. The highest BCUT2D eigenvalue weighted by Crippen LogP contribution is 2.36. The van der Waals surface area contributed by atoms with Gasteiger partial charge in [-0.2, -0.15) is 0 Å². The Morgan fingerprint density at radius 2 is 1.67 bits per heavy atom. The van der Waals surface area contributed by atoms with Gasteiger partial charge in [0.1, 0.15) is 0 Å². The molecule has 0 N–H and O–H groups in total. The van der Waals surface area contributed by atoms with Crippen molar-refractivity contribution in [3.63, 3.8) is 0 Å². The van der Waals surface area contributed by atoms with E-state index in [9.17, 15) is 8.76 Å². The summed E-state index contributed by atoms with van der Waals surface area (Å²) in [6.07, 6.45) is 0. The summed E-state index contributed by atoms with van der Waals surface area (Å²) in [5, 5.41) is 0. The summed E-state index contributed by atoms with van der Waals surface area (Å²) < 4.78 is 25.0. The molecule has 2 rings (SSSR count). The van der Waals surface area contributed by atoms with Crippen LogP contribution in [0.25, 0.3) is 11.1 Å². The van der Waals surface area contributed by atoms with Crippen LogP contribution in [0.5, 0.6) is 0 Å². The molecule has 0 spiro atoms. The third kappa shape index (κ3) is 3.52. The molecule has 2 aromatic carbocycles. The molecule has 21 heavy (non-hydrogen) atoms. The van der Waals surface area contributed by atoms with E-state index in [1.807, 2.05) is 76.2 Å². The molecule has 0 saturated carbocycles. The molecule has 1 unspecified atom stereocenters. The van der Waals surface area contributed by atoms with Crippen LogP contribution in [0.2, 0.25) is 0 Å². The van der Waals surface area contributed by atoms with Crippen molar-refractivity contribution in [2.24, 2.45) is 0 Å². The summed E-state index contributed by atoms with van der Waals surface area (Å²) in [6.45, 7) is 7.63. The van der Waals surface area contributed by atoms with Gasteiger partial charge in [-0.25, -0.2) is 0 Å². The molecule has 0 saturated heterocycles. The van der Waals surface area contributed by atoms with Crippen LogP contribution in [0.15, 0.2) is 48.5 Å². The summed E-state index contributed by atoms with van der Waals surface area (Å²) in [7, 11) is 0. The van der Waals surface area contributed by atoms with E-state index in [1.165, 1.54) is 4.31 Å². The van der Waals surface area contributed by atoms with Gasteiger partial charge >= 0.3 is 0 Å². The highest BCUT2D eigenvalue weighted by atomic mass is 32.2. The molecule has 1 atom stereocenters. The van der Waals surface area contributed by atoms with Gasteiger partial charge in [0.05, 0.1) is 5.69 Å². The van der Waals surface area contributed by atoms with Crippen molar-refractivity contribution in [3.05, 3.63) is 54.1 Å². The molecule has 0 heterocycles. The molecular formula is C17H20NO2S-. The first kappa shape index (κ1) is 15.7. The number of anilines is 1. The van der Waals surface area contributed by atoms with Crippen LogP contribution < -0.4 is 4.31 Å². The zero-order valence-corrected chi connectivity index (χ0v) is 13.6. The van der Waals surface area contributed by atoms with Gasteiger partial charge in [0, 0.05) is 22.4 Å². The Labute approximate surface area is 129 Å². The Bertz CT molecular complexity index is 648. The van der Waals surface area contributed by atoms with E-state index in [1.54, 1.807) is 0 Å². The van der Waals surface area contributed by atoms with E-state index in [4.69, 9.17) is 0 Å². The fourth-order valence-corrected chi connectivity index (χ4v) is 3.10. The van der Waals surface area contributed by atoms with Crippen LogP contribution in [-0.2, 0) is 11.3 Å². The smallest absolute Gasteiger partial charge is 0.0569 e. The van der Waals surface area contributed by atoms with Gasteiger partial charge in [0.15, 0.2) is 0 Å². The summed E-state index contributed by atoms with van der Waals surface area (Å²) in [6, 6.07) is 15.7. The third-order valence-electron chi connectivity index (χ3n) is 3.22. The van der Waals surface area contributed by atoms with E-state index in [0.29, 0.717) is 5.69 Å². The zero-order valence-electron chi connectivity index (χ0n) is 12.8. The lowest BCUT2D eigenvalue weighted by atomic mass is 9.99. The minimum atomic E-state index is -2.33. The topological polar surface area (TPSA) is 43.4 Å². The monoisotopic (exact) mass is 302 g/mol. The zero-order chi connectivity index (χ0) is 15.6. The molecule has 0 bridgehead atoms. The molecule has 2 aromatic rings. The molecule has 3 nitrogen and oxygen atoms in total. The van der Waals surface area contributed by atoms with Crippen LogP contribution in [0.1, 0.15) is 26.3 Å². The van der Waals surface area contributed by atoms with Crippen LogP contribution in [0, 0.1) is 6.92 Å². The van der Waals surface area contributed by atoms with E-state index in [0.717, 1.165) is 16.7 Å². The minimum absolute atomic E-state index is 0.524. The second-order valence-electron chi connectivity index (χ2n) is 6.07. The Morgan fingerprint density at radius 3 is 2.19 bits per heavy atom. The average molecular weight is 302 g/mol. The standard InChI is InChI=1S/C17H21NO2S/c1-13-10-11-15(14-8-6-5-7-9-14)16(12-13)18(21(19)20)17(2,3)4/h5-12H,1-4H3,(H,19,20)/p-1. The quantitative estimate of drug-likeness (QED) is 0.802. The summed E-state index contributed by atoms with van der Waals surface area (Å²) in [4.78, 5) is 0. The molecule has 112 valence electrons. The van der Waals surface area contributed by atoms with Gasteiger partial charge < -0.3 is 4.55 Å². The van der Waals surface area contributed by atoms with Crippen molar-refractivity contribution in [1.29, 1.82) is 0 Å². The minimum Gasteiger partial charge on any atom is -0.755 e. The number of benzene rings is 2. The van der Waals surface area contributed by atoms with E-state index in [-0.39, 0.29) is 0 Å². The van der Waals surface area contributed by atoms with Gasteiger partial charge in [-0.1, -0.05) is 42.5 Å². The molecule has 0 amide bonds. The first-order chi connectivity index (χ1) is 9.80. The largest absolute Gasteiger partial charge is 0.755 e. The summed E-state index contributed by atoms with van der Waals surface area (Å²) >= 11 is -2.33.